The number of likely N-dealkylation sites (tertiary alicyclic amines) is 1. The molecule has 1 aromatic heterocycles. The molecule has 25 heavy (non-hydrogen) atoms. The molecular weight excluding hydrogens is 328 g/mol. The van der Waals surface area contributed by atoms with Crippen LogP contribution in [-0.4, -0.2) is 34.8 Å². The van der Waals surface area contributed by atoms with Crippen LogP contribution in [0.3, 0.4) is 0 Å². The number of carbonyl (C=O) groups excluding carboxylic acids is 2. The molecule has 130 valence electrons. The molecule has 2 heterocycles. The molecule has 2 aromatic rings. The molecule has 3 rings (SSSR count). The molecule has 0 atom stereocenters. The molecule has 0 bridgehead atoms. The molecule has 2 amide bonds. The fourth-order valence-corrected chi connectivity index (χ4v) is 2.72. The molecule has 5 nitrogen and oxygen atoms in total. The second-order valence-electron chi connectivity index (χ2n) is 5.87. The number of aromatic nitrogens is 1. The van der Waals surface area contributed by atoms with Crippen molar-refractivity contribution in [2.45, 2.75) is 19.3 Å². The Labute approximate surface area is 143 Å². The van der Waals surface area contributed by atoms with E-state index in [0.29, 0.717) is 13.1 Å². The van der Waals surface area contributed by atoms with E-state index in [1.165, 1.54) is 24.4 Å². The minimum Gasteiger partial charge on any atom is -0.337 e. The Kier molecular flexibility index (Phi) is 5.02. The van der Waals surface area contributed by atoms with Gasteiger partial charge in [0.05, 0.1) is 0 Å². The van der Waals surface area contributed by atoms with Crippen molar-refractivity contribution in [3.8, 4) is 0 Å². The molecule has 1 saturated heterocycles. The Balaban J connectivity index is 1.74. The molecule has 0 radical (unpaired) electrons. The highest BCUT2D eigenvalue weighted by Crippen LogP contribution is 2.16. The lowest BCUT2D eigenvalue weighted by atomic mass is 10.1. The van der Waals surface area contributed by atoms with Crippen LogP contribution in [0, 0.1) is 11.6 Å². The Hall–Kier alpha value is -2.83. The zero-order valence-corrected chi connectivity index (χ0v) is 13.5. The van der Waals surface area contributed by atoms with E-state index in [1.54, 1.807) is 4.90 Å². The molecule has 7 heteroatoms. The van der Waals surface area contributed by atoms with Crippen molar-refractivity contribution in [2.75, 3.05) is 18.4 Å². The standard InChI is InChI=1S/C18H17F2N3O2/c19-14-5-4-13(11-15(14)20)22-17(24)12-6-7-21-16(10-12)18(25)23-8-2-1-3-9-23/h4-7,10-11H,1-3,8-9H2,(H,22,24). The number of halogens is 2. The average molecular weight is 345 g/mol. The second-order valence-corrected chi connectivity index (χ2v) is 5.87. The SMILES string of the molecule is O=C(Nc1ccc(F)c(F)c1)c1ccnc(C(=O)N2CCCCC2)c1. The maximum absolute atomic E-state index is 13.2. The van der Waals surface area contributed by atoms with Gasteiger partial charge in [-0.15, -0.1) is 0 Å². The van der Waals surface area contributed by atoms with Gasteiger partial charge in [0.25, 0.3) is 11.8 Å². The van der Waals surface area contributed by atoms with Gasteiger partial charge >= 0.3 is 0 Å². The number of anilines is 1. The fraction of sp³-hybridized carbons (Fsp3) is 0.278. The smallest absolute Gasteiger partial charge is 0.272 e. The van der Waals surface area contributed by atoms with Gasteiger partial charge in [0.1, 0.15) is 5.69 Å². The summed E-state index contributed by atoms with van der Waals surface area (Å²) >= 11 is 0. The molecule has 1 aromatic carbocycles. The Morgan fingerprint density at radius 2 is 1.76 bits per heavy atom. The summed E-state index contributed by atoms with van der Waals surface area (Å²) in [4.78, 5) is 30.5. The number of piperidine rings is 1. The van der Waals surface area contributed by atoms with Gasteiger partial charge < -0.3 is 10.2 Å². The van der Waals surface area contributed by atoms with Crippen LogP contribution < -0.4 is 5.32 Å². The Morgan fingerprint density at radius 3 is 2.48 bits per heavy atom. The van der Waals surface area contributed by atoms with Crippen molar-refractivity contribution >= 4 is 17.5 Å². The average Bonchev–Trinajstić information content (AvgIpc) is 2.65. The van der Waals surface area contributed by atoms with Gasteiger partial charge in [0.15, 0.2) is 11.6 Å². The van der Waals surface area contributed by atoms with Crippen molar-refractivity contribution < 1.29 is 18.4 Å². The summed E-state index contributed by atoms with van der Waals surface area (Å²) in [5.41, 5.74) is 0.546. The number of carbonyl (C=O) groups is 2. The Morgan fingerprint density at radius 1 is 1.00 bits per heavy atom. The lowest BCUT2D eigenvalue weighted by Gasteiger charge is -2.26. The fourth-order valence-electron chi connectivity index (χ4n) is 2.72. The molecule has 1 fully saturated rings. The first-order chi connectivity index (χ1) is 12.0. The third-order valence-electron chi connectivity index (χ3n) is 4.06. The summed E-state index contributed by atoms with van der Waals surface area (Å²) in [7, 11) is 0. The Bertz CT molecular complexity index is 805. The molecule has 0 aliphatic carbocycles. The number of pyridine rings is 1. The van der Waals surface area contributed by atoms with Crippen LogP contribution in [0.1, 0.15) is 40.1 Å². The predicted octanol–water partition coefficient (Wildman–Crippen LogP) is 3.24. The van der Waals surface area contributed by atoms with E-state index in [9.17, 15) is 18.4 Å². The third kappa shape index (κ3) is 3.99. The molecule has 1 aliphatic heterocycles. The van der Waals surface area contributed by atoms with Gasteiger partial charge in [-0.25, -0.2) is 8.78 Å². The van der Waals surface area contributed by atoms with Gasteiger partial charge in [0.2, 0.25) is 0 Å². The van der Waals surface area contributed by atoms with Gasteiger partial charge in [-0.1, -0.05) is 0 Å². The zero-order valence-electron chi connectivity index (χ0n) is 13.5. The first-order valence-corrected chi connectivity index (χ1v) is 8.06. The summed E-state index contributed by atoms with van der Waals surface area (Å²) < 4.78 is 26.2. The number of nitrogens with one attached hydrogen (secondary N) is 1. The number of hydrogen-bond acceptors (Lipinski definition) is 3. The van der Waals surface area contributed by atoms with E-state index in [0.717, 1.165) is 31.4 Å². The first kappa shape index (κ1) is 17.0. The third-order valence-corrected chi connectivity index (χ3v) is 4.06. The van der Waals surface area contributed by atoms with Crippen LogP contribution in [0.5, 0.6) is 0 Å². The minimum atomic E-state index is -1.05. The van der Waals surface area contributed by atoms with Crippen molar-refractivity contribution in [1.29, 1.82) is 0 Å². The summed E-state index contributed by atoms with van der Waals surface area (Å²) in [5, 5.41) is 2.47. The van der Waals surface area contributed by atoms with E-state index >= 15 is 0 Å². The van der Waals surface area contributed by atoms with E-state index in [-0.39, 0.29) is 22.9 Å². The topological polar surface area (TPSA) is 62.3 Å². The van der Waals surface area contributed by atoms with Crippen molar-refractivity contribution in [3.63, 3.8) is 0 Å². The molecule has 0 unspecified atom stereocenters. The van der Waals surface area contributed by atoms with Crippen LogP contribution in [0.2, 0.25) is 0 Å². The van der Waals surface area contributed by atoms with Crippen LogP contribution >= 0.6 is 0 Å². The molecule has 1 aliphatic rings. The predicted molar refractivity (Wildman–Crippen MR) is 88.3 cm³/mol. The highest BCUT2D eigenvalue weighted by atomic mass is 19.2. The van der Waals surface area contributed by atoms with Crippen LogP contribution in [0.15, 0.2) is 36.5 Å². The summed E-state index contributed by atoms with van der Waals surface area (Å²) in [6.45, 7) is 1.37. The van der Waals surface area contributed by atoms with Crippen LogP contribution in [-0.2, 0) is 0 Å². The summed E-state index contributed by atoms with van der Waals surface area (Å²) in [5.74, 6) is -2.77. The summed E-state index contributed by atoms with van der Waals surface area (Å²) in [6.07, 6.45) is 4.41. The molecule has 1 N–H and O–H groups in total. The maximum Gasteiger partial charge on any atom is 0.272 e. The van der Waals surface area contributed by atoms with E-state index in [4.69, 9.17) is 0 Å². The van der Waals surface area contributed by atoms with Gasteiger partial charge in [-0.05, 0) is 43.5 Å². The van der Waals surface area contributed by atoms with E-state index in [2.05, 4.69) is 10.3 Å². The molecule has 0 spiro atoms. The molecule has 0 saturated carbocycles. The largest absolute Gasteiger partial charge is 0.337 e. The number of nitrogens with zero attached hydrogens (tertiary/aromatic N) is 2. The minimum absolute atomic E-state index is 0.129. The van der Waals surface area contributed by atoms with Gasteiger partial charge in [-0.2, -0.15) is 0 Å². The number of benzene rings is 1. The zero-order chi connectivity index (χ0) is 17.8. The number of hydrogen-bond donors (Lipinski definition) is 1. The van der Waals surface area contributed by atoms with Gasteiger partial charge in [0, 0.05) is 36.6 Å². The van der Waals surface area contributed by atoms with Crippen molar-refractivity contribution in [1.82, 2.24) is 9.88 Å². The quantitative estimate of drug-likeness (QED) is 0.929. The lowest BCUT2D eigenvalue weighted by molar-refractivity contribution is 0.0718. The number of rotatable bonds is 3. The number of amides is 2. The van der Waals surface area contributed by atoms with E-state index < -0.39 is 17.5 Å². The first-order valence-electron chi connectivity index (χ1n) is 8.06. The monoisotopic (exact) mass is 345 g/mol. The lowest BCUT2D eigenvalue weighted by Crippen LogP contribution is -2.36. The molecular formula is C18H17F2N3O2. The van der Waals surface area contributed by atoms with Crippen LogP contribution in [0.25, 0.3) is 0 Å². The highest BCUT2D eigenvalue weighted by molar-refractivity contribution is 6.05. The van der Waals surface area contributed by atoms with Gasteiger partial charge in [-0.3, -0.25) is 14.6 Å². The van der Waals surface area contributed by atoms with Crippen LogP contribution in [0.4, 0.5) is 14.5 Å². The summed E-state index contributed by atoms with van der Waals surface area (Å²) in [6, 6.07) is 5.96. The maximum atomic E-state index is 13.2. The normalized spacial score (nSPS) is 14.2. The van der Waals surface area contributed by atoms with Crippen molar-refractivity contribution in [3.05, 3.63) is 59.4 Å². The second kappa shape index (κ2) is 7.38. The highest BCUT2D eigenvalue weighted by Gasteiger charge is 2.20. The van der Waals surface area contributed by atoms with E-state index in [1.807, 2.05) is 0 Å². The van der Waals surface area contributed by atoms with Crippen molar-refractivity contribution in [2.24, 2.45) is 0 Å².